The summed E-state index contributed by atoms with van der Waals surface area (Å²) >= 11 is 0. The maximum atomic E-state index is 11.9. The number of aliphatic imine (C=N–C) groups is 1. The maximum Gasteiger partial charge on any atom is 0.251 e. The van der Waals surface area contributed by atoms with Crippen molar-refractivity contribution in [1.82, 2.24) is 16.0 Å². The van der Waals surface area contributed by atoms with Crippen LogP contribution in [0.5, 0.6) is 0 Å². The number of hydrogen-bond acceptors (Lipinski definition) is 2. The van der Waals surface area contributed by atoms with E-state index in [2.05, 4.69) is 20.9 Å². The Hall–Kier alpha value is -2.82. The van der Waals surface area contributed by atoms with Gasteiger partial charge in [0.25, 0.3) is 5.91 Å². The van der Waals surface area contributed by atoms with Gasteiger partial charge in [0.05, 0.1) is 6.54 Å². The molecule has 2 aromatic rings. The molecule has 0 radical (unpaired) electrons. The van der Waals surface area contributed by atoms with Gasteiger partial charge in [0.15, 0.2) is 5.96 Å². The van der Waals surface area contributed by atoms with Crippen molar-refractivity contribution in [3.8, 4) is 0 Å². The highest BCUT2D eigenvalue weighted by Crippen LogP contribution is 2.00. The van der Waals surface area contributed by atoms with Crippen LogP contribution in [0.3, 0.4) is 0 Å². The van der Waals surface area contributed by atoms with Gasteiger partial charge in [-0.3, -0.25) is 4.79 Å². The van der Waals surface area contributed by atoms with Crippen LogP contribution in [0.2, 0.25) is 0 Å². The van der Waals surface area contributed by atoms with Gasteiger partial charge >= 0.3 is 0 Å². The number of hydrogen-bond donors (Lipinski definition) is 3. The average molecular weight is 324 g/mol. The summed E-state index contributed by atoms with van der Waals surface area (Å²) in [6.45, 7) is 4.57. The number of nitrogens with zero attached hydrogens (tertiary/aromatic N) is 1. The van der Waals surface area contributed by atoms with Crippen LogP contribution in [0, 0.1) is 0 Å². The fourth-order valence-electron chi connectivity index (χ4n) is 2.14. The first kappa shape index (κ1) is 17.5. The van der Waals surface area contributed by atoms with E-state index in [-0.39, 0.29) is 5.91 Å². The summed E-state index contributed by atoms with van der Waals surface area (Å²) < 4.78 is 0. The Morgan fingerprint density at radius 2 is 1.50 bits per heavy atom. The molecule has 5 heteroatoms. The molecule has 2 aromatic carbocycles. The molecule has 0 fully saturated rings. The quantitative estimate of drug-likeness (QED) is 0.415. The van der Waals surface area contributed by atoms with Crippen molar-refractivity contribution in [3.63, 3.8) is 0 Å². The Labute approximate surface area is 143 Å². The van der Waals surface area contributed by atoms with E-state index in [4.69, 9.17) is 0 Å². The van der Waals surface area contributed by atoms with Gasteiger partial charge in [-0.2, -0.15) is 0 Å². The van der Waals surface area contributed by atoms with Crippen molar-refractivity contribution >= 4 is 11.9 Å². The smallest absolute Gasteiger partial charge is 0.251 e. The Bertz CT molecular complexity index is 641. The molecule has 126 valence electrons. The van der Waals surface area contributed by atoms with Crippen molar-refractivity contribution in [2.24, 2.45) is 4.99 Å². The first-order valence-electron chi connectivity index (χ1n) is 8.19. The minimum Gasteiger partial charge on any atom is -0.357 e. The zero-order valence-corrected chi connectivity index (χ0v) is 14.0. The van der Waals surface area contributed by atoms with Crippen molar-refractivity contribution in [2.45, 2.75) is 13.5 Å². The molecular formula is C19H24N4O. The largest absolute Gasteiger partial charge is 0.357 e. The van der Waals surface area contributed by atoms with Crippen LogP contribution in [-0.4, -0.2) is 31.5 Å². The molecule has 24 heavy (non-hydrogen) atoms. The number of nitrogens with one attached hydrogen (secondary N) is 3. The minimum atomic E-state index is -0.0661. The number of carbonyl (C=O) groups excluding carboxylic acids is 1. The molecule has 1 amide bonds. The SMILES string of the molecule is CCNC(=NCc1ccccc1)NCCNC(=O)c1ccccc1. The van der Waals surface area contributed by atoms with E-state index < -0.39 is 0 Å². The summed E-state index contributed by atoms with van der Waals surface area (Å²) in [4.78, 5) is 16.5. The van der Waals surface area contributed by atoms with Gasteiger partial charge in [-0.25, -0.2) is 4.99 Å². The molecule has 0 bridgehead atoms. The summed E-state index contributed by atoms with van der Waals surface area (Å²) in [7, 11) is 0. The third-order valence-corrected chi connectivity index (χ3v) is 3.35. The fraction of sp³-hybridized carbons (Fsp3) is 0.263. The predicted molar refractivity (Wildman–Crippen MR) is 98.0 cm³/mol. The average Bonchev–Trinajstić information content (AvgIpc) is 2.64. The van der Waals surface area contributed by atoms with E-state index in [1.807, 2.05) is 55.5 Å². The highest BCUT2D eigenvalue weighted by molar-refractivity contribution is 5.94. The lowest BCUT2D eigenvalue weighted by molar-refractivity contribution is 0.0954. The van der Waals surface area contributed by atoms with Gasteiger partial charge in [0.2, 0.25) is 0 Å². The molecule has 0 saturated carbocycles. The number of guanidine groups is 1. The lowest BCUT2D eigenvalue weighted by Crippen LogP contribution is -2.41. The molecule has 5 nitrogen and oxygen atoms in total. The summed E-state index contributed by atoms with van der Waals surface area (Å²) in [5.74, 6) is 0.680. The molecule has 0 aliphatic carbocycles. The number of amides is 1. The molecular weight excluding hydrogens is 300 g/mol. The van der Waals surface area contributed by atoms with Crippen LogP contribution in [0.1, 0.15) is 22.8 Å². The molecule has 0 aliphatic heterocycles. The van der Waals surface area contributed by atoms with Gasteiger partial charge in [-0.05, 0) is 24.6 Å². The molecule has 0 unspecified atom stereocenters. The van der Waals surface area contributed by atoms with Crippen LogP contribution in [0.25, 0.3) is 0 Å². The van der Waals surface area contributed by atoms with Crippen molar-refractivity contribution in [3.05, 3.63) is 71.8 Å². The lowest BCUT2D eigenvalue weighted by Gasteiger charge is -2.12. The number of benzene rings is 2. The van der Waals surface area contributed by atoms with E-state index in [1.54, 1.807) is 12.1 Å². The first-order chi connectivity index (χ1) is 11.8. The number of carbonyl (C=O) groups is 1. The highest BCUT2D eigenvalue weighted by atomic mass is 16.1. The van der Waals surface area contributed by atoms with E-state index >= 15 is 0 Å². The number of rotatable bonds is 7. The fourth-order valence-corrected chi connectivity index (χ4v) is 2.14. The van der Waals surface area contributed by atoms with Gasteiger partial charge in [0, 0.05) is 25.2 Å². The van der Waals surface area contributed by atoms with Gasteiger partial charge in [-0.15, -0.1) is 0 Å². The van der Waals surface area contributed by atoms with Crippen molar-refractivity contribution in [2.75, 3.05) is 19.6 Å². The molecule has 0 atom stereocenters. The Morgan fingerprint density at radius 1 is 0.875 bits per heavy atom. The van der Waals surface area contributed by atoms with Gasteiger partial charge in [0.1, 0.15) is 0 Å². The second kappa shape index (κ2) is 10.0. The van der Waals surface area contributed by atoms with Crippen LogP contribution in [-0.2, 0) is 6.54 Å². The van der Waals surface area contributed by atoms with Gasteiger partial charge in [-0.1, -0.05) is 48.5 Å². The third kappa shape index (κ3) is 6.12. The molecule has 0 aliphatic rings. The second-order valence-corrected chi connectivity index (χ2v) is 5.23. The Morgan fingerprint density at radius 3 is 2.17 bits per heavy atom. The zero-order chi connectivity index (χ0) is 17.0. The van der Waals surface area contributed by atoms with Crippen LogP contribution >= 0.6 is 0 Å². The van der Waals surface area contributed by atoms with Crippen molar-refractivity contribution < 1.29 is 4.79 Å². The molecule has 2 rings (SSSR count). The molecule has 0 saturated heterocycles. The highest BCUT2D eigenvalue weighted by Gasteiger charge is 2.03. The molecule has 0 spiro atoms. The first-order valence-corrected chi connectivity index (χ1v) is 8.19. The van der Waals surface area contributed by atoms with Crippen molar-refractivity contribution in [1.29, 1.82) is 0 Å². The second-order valence-electron chi connectivity index (χ2n) is 5.23. The van der Waals surface area contributed by atoms with Crippen LogP contribution in [0.15, 0.2) is 65.7 Å². The van der Waals surface area contributed by atoms with Gasteiger partial charge < -0.3 is 16.0 Å². The zero-order valence-electron chi connectivity index (χ0n) is 14.0. The van der Waals surface area contributed by atoms with Crippen LogP contribution in [0.4, 0.5) is 0 Å². The molecule has 3 N–H and O–H groups in total. The third-order valence-electron chi connectivity index (χ3n) is 3.35. The Balaban J connectivity index is 1.76. The Kier molecular flexibility index (Phi) is 7.34. The molecule has 0 aromatic heterocycles. The normalized spacial score (nSPS) is 11.0. The standard InChI is InChI=1S/C19H24N4O/c1-2-20-19(23-15-16-9-5-3-6-10-16)22-14-13-21-18(24)17-11-7-4-8-12-17/h3-12H,2,13-15H2,1H3,(H,21,24)(H2,20,22,23). The summed E-state index contributed by atoms with van der Waals surface area (Å²) in [6, 6.07) is 19.3. The summed E-state index contributed by atoms with van der Waals surface area (Å²) in [5, 5.41) is 9.31. The molecule has 0 heterocycles. The monoisotopic (exact) mass is 324 g/mol. The minimum absolute atomic E-state index is 0.0661. The summed E-state index contributed by atoms with van der Waals surface area (Å²) in [6.07, 6.45) is 0. The lowest BCUT2D eigenvalue weighted by atomic mass is 10.2. The predicted octanol–water partition coefficient (Wildman–Crippen LogP) is 2.17. The van der Waals surface area contributed by atoms with E-state index in [0.717, 1.165) is 18.1 Å². The maximum absolute atomic E-state index is 11.9. The van der Waals surface area contributed by atoms with E-state index in [1.165, 1.54) is 0 Å². The topological polar surface area (TPSA) is 65.5 Å². The summed E-state index contributed by atoms with van der Waals surface area (Å²) in [5.41, 5.74) is 1.83. The van der Waals surface area contributed by atoms with E-state index in [9.17, 15) is 4.79 Å². The van der Waals surface area contributed by atoms with E-state index in [0.29, 0.717) is 25.2 Å². The van der Waals surface area contributed by atoms with Crippen LogP contribution < -0.4 is 16.0 Å².